The first-order valence-electron chi connectivity index (χ1n) is 9.63. The molecule has 29 heavy (non-hydrogen) atoms. The van der Waals surface area contributed by atoms with Crippen LogP contribution in [0.3, 0.4) is 0 Å². The number of nitrogens with zero attached hydrogens (tertiary/aromatic N) is 1. The van der Waals surface area contributed by atoms with Gasteiger partial charge in [0.05, 0.1) is 33.8 Å². The van der Waals surface area contributed by atoms with Gasteiger partial charge in [-0.25, -0.2) is 0 Å². The zero-order chi connectivity index (χ0) is 20.8. The third kappa shape index (κ3) is 5.36. The molecule has 2 aliphatic rings. The SMILES string of the molecule is C[NH+](C)CCCNC(=O)C(=O)NC[C@H]1OCCN1C(=O)c1ccc2c(c1)OCO2. The first-order chi connectivity index (χ1) is 14.0. The van der Waals surface area contributed by atoms with Gasteiger partial charge in [0.2, 0.25) is 6.79 Å². The molecule has 3 N–H and O–H groups in total. The predicted octanol–water partition coefficient (Wildman–Crippen LogP) is -2.02. The average molecular weight is 407 g/mol. The van der Waals surface area contributed by atoms with Crippen LogP contribution in [0.5, 0.6) is 11.5 Å². The maximum atomic E-state index is 12.8. The number of quaternary nitrogens is 1. The predicted molar refractivity (Wildman–Crippen MR) is 102 cm³/mol. The lowest BCUT2D eigenvalue weighted by molar-refractivity contribution is -0.858. The van der Waals surface area contributed by atoms with E-state index < -0.39 is 18.0 Å². The lowest BCUT2D eigenvalue weighted by atomic mass is 10.1. The van der Waals surface area contributed by atoms with Crippen LogP contribution in [0, 0.1) is 0 Å². The summed E-state index contributed by atoms with van der Waals surface area (Å²) >= 11 is 0. The van der Waals surface area contributed by atoms with Crippen molar-refractivity contribution in [1.82, 2.24) is 15.5 Å². The van der Waals surface area contributed by atoms with Crippen molar-refractivity contribution in [2.75, 3.05) is 53.7 Å². The molecule has 0 unspecified atom stereocenters. The molecule has 0 spiro atoms. The highest BCUT2D eigenvalue weighted by Crippen LogP contribution is 2.33. The summed E-state index contributed by atoms with van der Waals surface area (Å²) in [5.74, 6) is -0.552. The van der Waals surface area contributed by atoms with E-state index in [4.69, 9.17) is 14.2 Å². The van der Waals surface area contributed by atoms with Gasteiger partial charge in [-0.1, -0.05) is 0 Å². The highest BCUT2D eigenvalue weighted by molar-refractivity contribution is 6.35. The van der Waals surface area contributed by atoms with Gasteiger partial charge in [-0.3, -0.25) is 14.4 Å². The minimum atomic E-state index is -0.742. The van der Waals surface area contributed by atoms with Gasteiger partial charge < -0.3 is 34.6 Å². The fourth-order valence-electron chi connectivity index (χ4n) is 3.10. The molecule has 0 saturated carbocycles. The third-order valence-corrected chi connectivity index (χ3v) is 4.65. The summed E-state index contributed by atoms with van der Waals surface area (Å²) in [4.78, 5) is 39.5. The van der Waals surface area contributed by atoms with Crippen molar-refractivity contribution in [3.63, 3.8) is 0 Å². The quantitative estimate of drug-likeness (QED) is 0.356. The number of carbonyl (C=O) groups is 3. The topological polar surface area (TPSA) is 111 Å². The lowest BCUT2D eigenvalue weighted by Crippen LogP contribution is -3.05. The Labute approximate surface area is 169 Å². The largest absolute Gasteiger partial charge is 0.454 e. The number of hydrogen-bond acceptors (Lipinski definition) is 6. The average Bonchev–Trinajstić information content (AvgIpc) is 3.36. The number of benzene rings is 1. The maximum absolute atomic E-state index is 12.8. The number of rotatable bonds is 7. The second-order valence-electron chi connectivity index (χ2n) is 7.17. The molecule has 0 aliphatic carbocycles. The molecule has 0 aromatic heterocycles. The van der Waals surface area contributed by atoms with Crippen LogP contribution in [-0.4, -0.2) is 82.5 Å². The van der Waals surface area contributed by atoms with E-state index in [0.29, 0.717) is 36.8 Å². The van der Waals surface area contributed by atoms with Crippen LogP contribution >= 0.6 is 0 Å². The van der Waals surface area contributed by atoms with Gasteiger partial charge in [-0.15, -0.1) is 0 Å². The van der Waals surface area contributed by atoms with E-state index in [9.17, 15) is 14.4 Å². The summed E-state index contributed by atoms with van der Waals surface area (Å²) in [6.45, 7) is 2.25. The van der Waals surface area contributed by atoms with Crippen molar-refractivity contribution in [2.24, 2.45) is 0 Å². The highest BCUT2D eigenvalue weighted by Gasteiger charge is 2.32. The molecule has 0 bridgehead atoms. The molecule has 3 amide bonds. The van der Waals surface area contributed by atoms with Gasteiger partial charge in [-0.05, 0) is 18.2 Å². The summed E-state index contributed by atoms with van der Waals surface area (Å²) in [6, 6.07) is 4.97. The first-order valence-corrected chi connectivity index (χ1v) is 9.63. The molecule has 1 aromatic rings. The van der Waals surface area contributed by atoms with Gasteiger partial charge in [0, 0.05) is 25.1 Å². The van der Waals surface area contributed by atoms with E-state index in [1.807, 2.05) is 14.1 Å². The molecule has 0 radical (unpaired) electrons. The third-order valence-electron chi connectivity index (χ3n) is 4.65. The van der Waals surface area contributed by atoms with Crippen molar-refractivity contribution < 1.29 is 33.5 Å². The molecule has 1 fully saturated rings. The van der Waals surface area contributed by atoms with Gasteiger partial charge in [-0.2, -0.15) is 0 Å². The number of nitrogens with one attached hydrogen (secondary N) is 3. The summed E-state index contributed by atoms with van der Waals surface area (Å²) in [6.07, 6.45) is 0.146. The summed E-state index contributed by atoms with van der Waals surface area (Å²) < 4.78 is 16.1. The Balaban J connectivity index is 1.48. The second-order valence-corrected chi connectivity index (χ2v) is 7.17. The first kappa shape index (κ1) is 20.9. The molecule has 10 nitrogen and oxygen atoms in total. The Morgan fingerprint density at radius 3 is 2.69 bits per heavy atom. The summed E-state index contributed by atoms with van der Waals surface area (Å²) in [7, 11) is 4.04. The minimum absolute atomic E-state index is 0.0321. The maximum Gasteiger partial charge on any atom is 0.309 e. The molecule has 3 rings (SSSR count). The zero-order valence-electron chi connectivity index (χ0n) is 16.7. The van der Waals surface area contributed by atoms with Gasteiger partial charge in [0.15, 0.2) is 11.5 Å². The minimum Gasteiger partial charge on any atom is -0.454 e. The Morgan fingerprint density at radius 1 is 1.14 bits per heavy atom. The summed E-state index contributed by atoms with van der Waals surface area (Å²) in [5.41, 5.74) is 0.442. The van der Waals surface area contributed by atoms with Crippen LogP contribution in [0.15, 0.2) is 18.2 Å². The fourth-order valence-corrected chi connectivity index (χ4v) is 3.10. The van der Waals surface area contributed by atoms with E-state index in [1.165, 1.54) is 9.80 Å². The lowest BCUT2D eigenvalue weighted by Gasteiger charge is -2.23. The molecule has 2 heterocycles. The van der Waals surface area contributed by atoms with Crippen molar-refractivity contribution >= 4 is 17.7 Å². The molecular formula is C19H27N4O6+. The second kappa shape index (κ2) is 9.57. The normalized spacial score (nSPS) is 17.5. The Kier molecular flexibility index (Phi) is 6.89. The smallest absolute Gasteiger partial charge is 0.309 e. The standard InChI is InChI=1S/C19H26N4O6/c1-22(2)7-3-6-20-17(24)18(25)21-11-16-23(8-9-27-16)19(26)13-4-5-14-15(10-13)29-12-28-14/h4-5,10,16H,3,6-9,11-12H2,1-2H3,(H,20,24)(H,21,25)/p+1/t16-/m1/s1. The van der Waals surface area contributed by atoms with E-state index in [1.54, 1.807) is 18.2 Å². The van der Waals surface area contributed by atoms with Crippen LogP contribution in [-0.2, 0) is 14.3 Å². The van der Waals surface area contributed by atoms with Gasteiger partial charge >= 0.3 is 11.8 Å². The highest BCUT2D eigenvalue weighted by atomic mass is 16.7. The number of carbonyl (C=O) groups excluding carboxylic acids is 3. The molecule has 10 heteroatoms. The van der Waals surface area contributed by atoms with Crippen molar-refractivity contribution in [3.8, 4) is 11.5 Å². The molecule has 1 atom stereocenters. The van der Waals surface area contributed by atoms with E-state index >= 15 is 0 Å². The van der Waals surface area contributed by atoms with Crippen LogP contribution in [0.1, 0.15) is 16.8 Å². The molecule has 1 aromatic carbocycles. The number of ether oxygens (including phenoxy) is 3. The molecule has 1 saturated heterocycles. The van der Waals surface area contributed by atoms with Crippen molar-refractivity contribution in [2.45, 2.75) is 12.6 Å². The Bertz CT molecular complexity index is 769. The number of fused-ring (bicyclic) bond motifs is 1. The number of hydrogen-bond donors (Lipinski definition) is 3. The van der Waals surface area contributed by atoms with Gasteiger partial charge in [0.25, 0.3) is 5.91 Å². The van der Waals surface area contributed by atoms with E-state index in [2.05, 4.69) is 10.6 Å². The fraction of sp³-hybridized carbons (Fsp3) is 0.526. The number of amides is 3. The van der Waals surface area contributed by atoms with Crippen LogP contribution in [0.2, 0.25) is 0 Å². The van der Waals surface area contributed by atoms with E-state index in [0.717, 1.165) is 13.0 Å². The van der Waals surface area contributed by atoms with E-state index in [-0.39, 0.29) is 19.2 Å². The summed E-state index contributed by atoms with van der Waals surface area (Å²) in [5, 5.41) is 5.12. The van der Waals surface area contributed by atoms with Crippen LogP contribution < -0.4 is 25.0 Å². The monoisotopic (exact) mass is 407 g/mol. The van der Waals surface area contributed by atoms with Crippen LogP contribution in [0.4, 0.5) is 0 Å². The molecule has 158 valence electrons. The molecular weight excluding hydrogens is 380 g/mol. The van der Waals surface area contributed by atoms with Crippen LogP contribution in [0.25, 0.3) is 0 Å². The van der Waals surface area contributed by atoms with Crippen molar-refractivity contribution in [1.29, 1.82) is 0 Å². The van der Waals surface area contributed by atoms with Gasteiger partial charge in [0.1, 0.15) is 6.23 Å². The molecule has 2 aliphatic heterocycles. The Hall–Kier alpha value is -2.85. The van der Waals surface area contributed by atoms with Crippen molar-refractivity contribution in [3.05, 3.63) is 23.8 Å². The Morgan fingerprint density at radius 2 is 1.90 bits per heavy atom. The zero-order valence-corrected chi connectivity index (χ0v) is 16.7.